The zero-order valence-electron chi connectivity index (χ0n) is 9.90. The van der Waals surface area contributed by atoms with Crippen LogP contribution < -0.4 is 4.74 Å². The van der Waals surface area contributed by atoms with Crippen LogP contribution in [0, 0.1) is 13.8 Å². The fraction of sp³-hybridized carbons (Fsp3) is 0.308. The number of hydrogen-bond donors (Lipinski definition) is 0. The molecule has 1 aromatic carbocycles. The van der Waals surface area contributed by atoms with Gasteiger partial charge in [-0.05, 0) is 37.6 Å². The van der Waals surface area contributed by atoms with Crippen molar-refractivity contribution in [1.29, 1.82) is 0 Å². The number of hydrogen-bond acceptors (Lipinski definition) is 2. The van der Waals surface area contributed by atoms with Crippen molar-refractivity contribution in [2.24, 2.45) is 0 Å². The number of methoxy groups -OCH3 is 1. The van der Waals surface area contributed by atoms with Crippen molar-refractivity contribution in [2.75, 3.05) is 7.11 Å². The summed E-state index contributed by atoms with van der Waals surface area (Å²) in [6, 6.07) is 10.2. The van der Waals surface area contributed by atoms with E-state index < -0.39 is 0 Å². The van der Waals surface area contributed by atoms with Gasteiger partial charge in [-0.25, -0.2) is 0 Å². The second kappa shape index (κ2) is 4.39. The lowest BCUT2D eigenvalue weighted by molar-refractivity contribution is 0.414. The average Bonchev–Trinajstić information content (AvgIpc) is 2.58. The van der Waals surface area contributed by atoms with Gasteiger partial charge in [0.2, 0.25) is 0 Å². The Morgan fingerprint density at radius 1 is 1.25 bits per heavy atom. The molecule has 3 nitrogen and oxygen atoms in total. The Labute approximate surface area is 95.7 Å². The van der Waals surface area contributed by atoms with Gasteiger partial charge in [-0.2, -0.15) is 5.10 Å². The van der Waals surface area contributed by atoms with E-state index in [0.717, 1.165) is 18.0 Å². The maximum atomic E-state index is 5.20. The molecule has 0 saturated carbocycles. The molecule has 84 valence electrons. The van der Waals surface area contributed by atoms with E-state index in [1.807, 2.05) is 29.8 Å². The Morgan fingerprint density at radius 2 is 2.06 bits per heavy atom. The number of nitrogens with zero attached hydrogens (tertiary/aromatic N) is 2. The van der Waals surface area contributed by atoms with Crippen molar-refractivity contribution in [1.82, 2.24) is 9.78 Å². The normalized spacial score (nSPS) is 10.4. The maximum Gasteiger partial charge on any atom is 0.119 e. The summed E-state index contributed by atoms with van der Waals surface area (Å²) in [5.41, 5.74) is 3.44. The molecule has 0 radical (unpaired) electrons. The monoisotopic (exact) mass is 216 g/mol. The predicted molar refractivity (Wildman–Crippen MR) is 63.8 cm³/mol. The van der Waals surface area contributed by atoms with Crippen LogP contribution in [0.3, 0.4) is 0 Å². The third-order valence-corrected chi connectivity index (χ3v) is 2.57. The van der Waals surface area contributed by atoms with E-state index in [1.165, 1.54) is 11.3 Å². The largest absolute Gasteiger partial charge is 0.497 e. The van der Waals surface area contributed by atoms with Crippen molar-refractivity contribution in [3.63, 3.8) is 0 Å². The van der Waals surface area contributed by atoms with E-state index in [9.17, 15) is 0 Å². The Kier molecular flexibility index (Phi) is 2.95. The van der Waals surface area contributed by atoms with Crippen LogP contribution in [0.5, 0.6) is 5.75 Å². The molecule has 3 heteroatoms. The molecule has 0 atom stereocenters. The molecule has 2 rings (SSSR count). The molecular weight excluding hydrogens is 200 g/mol. The fourth-order valence-corrected chi connectivity index (χ4v) is 1.78. The molecule has 0 aliphatic carbocycles. The molecule has 0 unspecified atom stereocenters. The minimum Gasteiger partial charge on any atom is -0.497 e. The molecule has 0 bridgehead atoms. The van der Waals surface area contributed by atoms with Gasteiger partial charge in [0, 0.05) is 5.69 Å². The fourth-order valence-electron chi connectivity index (χ4n) is 1.78. The second-order valence-corrected chi connectivity index (χ2v) is 3.94. The molecule has 0 spiro atoms. The number of benzene rings is 1. The average molecular weight is 216 g/mol. The number of aryl methyl sites for hydroxylation is 2. The molecule has 16 heavy (non-hydrogen) atoms. The second-order valence-electron chi connectivity index (χ2n) is 3.94. The molecule has 0 aliphatic rings. The standard InChI is InChI=1S/C13H16N2O/c1-10-7-11(2)15(14-10)9-12-5-4-6-13(8-12)16-3/h4-8H,9H2,1-3H3. The van der Waals surface area contributed by atoms with Gasteiger partial charge in [-0.3, -0.25) is 4.68 Å². The van der Waals surface area contributed by atoms with Gasteiger partial charge in [0.15, 0.2) is 0 Å². The first-order chi connectivity index (χ1) is 7.69. The third-order valence-electron chi connectivity index (χ3n) is 2.57. The maximum absolute atomic E-state index is 5.20. The lowest BCUT2D eigenvalue weighted by atomic mass is 10.2. The first kappa shape index (κ1) is 10.7. The van der Waals surface area contributed by atoms with Crippen LogP contribution in [0.4, 0.5) is 0 Å². The van der Waals surface area contributed by atoms with Gasteiger partial charge >= 0.3 is 0 Å². The molecule has 0 amide bonds. The Balaban J connectivity index is 2.23. The van der Waals surface area contributed by atoms with Gasteiger partial charge in [0.05, 0.1) is 19.3 Å². The van der Waals surface area contributed by atoms with Crippen LogP contribution in [0.15, 0.2) is 30.3 Å². The molecule has 1 heterocycles. The molecule has 0 N–H and O–H groups in total. The molecule has 0 aliphatic heterocycles. The van der Waals surface area contributed by atoms with Crippen molar-refractivity contribution in [2.45, 2.75) is 20.4 Å². The Morgan fingerprint density at radius 3 is 2.69 bits per heavy atom. The van der Waals surface area contributed by atoms with Crippen LogP contribution >= 0.6 is 0 Å². The highest BCUT2D eigenvalue weighted by molar-refractivity contribution is 5.28. The SMILES string of the molecule is COc1cccc(Cn2nc(C)cc2C)c1. The summed E-state index contributed by atoms with van der Waals surface area (Å²) in [5.74, 6) is 0.888. The zero-order chi connectivity index (χ0) is 11.5. The van der Waals surface area contributed by atoms with E-state index in [2.05, 4.69) is 24.2 Å². The summed E-state index contributed by atoms with van der Waals surface area (Å²) in [5, 5.41) is 4.44. The smallest absolute Gasteiger partial charge is 0.119 e. The van der Waals surface area contributed by atoms with Gasteiger partial charge in [-0.15, -0.1) is 0 Å². The van der Waals surface area contributed by atoms with E-state index in [0.29, 0.717) is 0 Å². The molecular formula is C13H16N2O. The summed E-state index contributed by atoms with van der Waals surface area (Å²) in [6.07, 6.45) is 0. The van der Waals surface area contributed by atoms with Gasteiger partial charge in [0.25, 0.3) is 0 Å². The number of rotatable bonds is 3. The predicted octanol–water partition coefficient (Wildman–Crippen LogP) is 2.56. The quantitative estimate of drug-likeness (QED) is 0.788. The van der Waals surface area contributed by atoms with Crippen molar-refractivity contribution >= 4 is 0 Å². The van der Waals surface area contributed by atoms with E-state index in [4.69, 9.17) is 4.74 Å². The van der Waals surface area contributed by atoms with Gasteiger partial charge < -0.3 is 4.74 Å². The van der Waals surface area contributed by atoms with Gasteiger partial charge in [-0.1, -0.05) is 12.1 Å². The lowest BCUT2D eigenvalue weighted by Gasteiger charge is -2.06. The summed E-state index contributed by atoms with van der Waals surface area (Å²) < 4.78 is 7.20. The van der Waals surface area contributed by atoms with Crippen molar-refractivity contribution in [3.05, 3.63) is 47.3 Å². The van der Waals surface area contributed by atoms with Gasteiger partial charge in [0.1, 0.15) is 5.75 Å². The van der Waals surface area contributed by atoms with E-state index >= 15 is 0 Å². The highest BCUT2D eigenvalue weighted by Crippen LogP contribution is 2.14. The van der Waals surface area contributed by atoms with Crippen LogP contribution in [-0.4, -0.2) is 16.9 Å². The highest BCUT2D eigenvalue weighted by atomic mass is 16.5. The Bertz CT molecular complexity index is 488. The van der Waals surface area contributed by atoms with Crippen LogP contribution in [0.1, 0.15) is 17.0 Å². The highest BCUT2D eigenvalue weighted by Gasteiger charge is 2.02. The first-order valence-electron chi connectivity index (χ1n) is 5.33. The third kappa shape index (κ3) is 2.24. The molecule has 0 saturated heterocycles. The van der Waals surface area contributed by atoms with Crippen LogP contribution in [0.25, 0.3) is 0 Å². The van der Waals surface area contributed by atoms with Crippen LogP contribution in [0.2, 0.25) is 0 Å². The summed E-state index contributed by atoms with van der Waals surface area (Å²) in [7, 11) is 1.68. The zero-order valence-corrected chi connectivity index (χ0v) is 9.90. The Hall–Kier alpha value is -1.77. The van der Waals surface area contributed by atoms with E-state index in [-0.39, 0.29) is 0 Å². The van der Waals surface area contributed by atoms with Crippen molar-refractivity contribution < 1.29 is 4.74 Å². The summed E-state index contributed by atoms with van der Waals surface area (Å²) in [6.45, 7) is 4.87. The topological polar surface area (TPSA) is 27.1 Å². The number of aromatic nitrogens is 2. The van der Waals surface area contributed by atoms with E-state index in [1.54, 1.807) is 7.11 Å². The lowest BCUT2D eigenvalue weighted by Crippen LogP contribution is -2.03. The van der Waals surface area contributed by atoms with Crippen LogP contribution in [-0.2, 0) is 6.54 Å². The molecule has 1 aromatic heterocycles. The minimum absolute atomic E-state index is 0.789. The number of ether oxygens (including phenoxy) is 1. The van der Waals surface area contributed by atoms with Crippen molar-refractivity contribution in [3.8, 4) is 5.75 Å². The first-order valence-corrected chi connectivity index (χ1v) is 5.33. The summed E-state index contributed by atoms with van der Waals surface area (Å²) in [4.78, 5) is 0. The molecule has 0 fully saturated rings. The summed E-state index contributed by atoms with van der Waals surface area (Å²) >= 11 is 0. The minimum atomic E-state index is 0.789. The molecule has 2 aromatic rings.